The van der Waals surface area contributed by atoms with Crippen molar-refractivity contribution in [2.75, 3.05) is 13.1 Å². The van der Waals surface area contributed by atoms with Crippen LogP contribution in [0.1, 0.15) is 38.8 Å². The number of nitrogens with one attached hydrogen (secondary N) is 2. The molecular weight excluding hydrogens is 264 g/mol. The number of carbonyl (C=O) groups is 1. The van der Waals surface area contributed by atoms with Crippen LogP contribution in [0.3, 0.4) is 0 Å². The van der Waals surface area contributed by atoms with Crippen molar-refractivity contribution in [3.05, 3.63) is 30.1 Å². The van der Waals surface area contributed by atoms with E-state index in [0.29, 0.717) is 19.1 Å². The molecule has 2 aromatic rings. The molecule has 2 rings (SSSR count). The van der Waals surface area contributed by atoms with Crippen LogP contribution in [0.5, 0.6) is 0 Å². The van der Waals surface area contributed by atoms with Gasteiger partial charge >= 0.3 is 6.03 Å². The van der Waals surface area contributed by atoms with Gasteiger partial charge in [-0.1, -0.05) is 13.0 Å². The lowest BCUT2D eigenvalue weighted by atomic mass is 10.1. The lowest BCUT2D eigenvalue weighted by molar-refractivity contribution is 0.241. The Labute approximate surface area is 125 Å². The highest BCUT2D eigenvalue weighted by molar-refractivity contribution is 5.76. The van der Waals surface area contributed by atoms with Crippen LogP contribution in [-0.4, -0.2) is 28.7 Å². The molecule has 1 aromatic carbocycles. The zero-order chi connectivity index (χ0) is 15.2. The Hall–Kier alpha value is -2.04. The number of benzene rings is 1. The number of fused-ring (bicyclic) bond motifs is 1. The molecule has 0 radical (unpaired) electrons. The first-order chi connectivity index (χ1) is 10.1. The van der Waals surface area contributed by atoms with E-state index in [0.717, 1.165) is 23.9 Å². The number of carbonyl (C=O) groups excluding carboxylic acids is 1. The predicted octanol–water partition coefficient (Wildman–Crippen LogP) is 2.87. The minimum Gasteiger partial charge on any atom is -0.338 e. The summed E-state index contributed by atoms with van der Waals surface area (Å²) in [6.07, 6.45) is 3.64. The van der Waals surface area contributed by atoms with Gasteiger partial charge in [0.2, 0.25) is 0 Å². The molecule has 0 aliphatic carbocycles. The normalized spacial score (nSPS) is 11.0. The molecule has 0 unspecified atom stereocenters. The van der Waals surface area contributed by atoms with Crippen LogP contribution >= 0.6 is 0 Å². The average molecular weight is 288 g/mol. The number of amides is 2. The second-order valence-electron chi connectivity index (χ2n) is 5.50. The van der Waals surface area contributed by atoms with Gasteiger partial charge < -0.3 is 15.2 Å². The largest absolute Gasteiger partial charge is 0.338 e. The molecule has 114 valence electrons. The van der Waals surface area contributed by atoms with Crippen molar-refractivity contribution in [2.24, 2.45) is 0 Å². The summed E-state index contributed by atoms with van der Waals surface area (Å²) in [5.41, 5.74) is 3.35. The highest BCUT2D eigenvalue weighted by atomic mass is 16.2. The summed E-state index contributed by atoms with van der Waals surface area (Å²) in [7, 11) is 0. The third-order valence-electron chi connectivity index (χ3n) is 3.43. The van der Waals surface area contributed by atoms with Crippen molar-refractivity contribution in [2.45, 2.75) is 39.7 Å². The highest BCUT2D eigenvalue weighted by Crippen LogP contribution is 2.18. The Kier molecular flexibility index (Phi) is 5.20. The van der Waals surface area contributed by atoms with Crippen molar-refractivity contribution in [3.8, 4) is 0 Å². The first-order valence-electron chi connectivity index (χ1n) is 7.59. The summed E-state index contributed by atoms with van der Waals surface area (Å²) >= 11 is 0. The third kappa shape index (κ3) is 3.97. The van der Waals surface area contributed by atoms with Crippen LogP contribution in [0.25, 0.3) is 11.0 Å². The van der Waals surface area contributed by atoms with Gasteiger partial charge in [0.25, 0.3) is 0 Å². The van der Waals surface area contributed by atoms with Crippen molar-refractivity contribution in [1.82, 2.24) is 20.2 Å². The maximum absolute atomic E-state index is 11.4. The van der Waals surface area contributed by atoms with Crippen LogP contribution in [0, 0.1) is 0 Å². The molecule has 0 spiro atoms. The van der Waals surface area contributed by atoms with Gasteiger partial charge in [-0.25, -0.2) is 9.78 Å². The minimum absolute atomic E-state index is 0.0954. The van der Waals surface area contributed by atoms with E-state index in [1.165, 1.54) is 5.56 Å². The molecule has 0 fully saturated rings. The zero-order valence-electron chi connectivity index (χ0n) is 13.0. The second kappa shape index (κ2) is 7.11. The maximum atomic E-state index is 11.4. The number of imidazole rings is 1. The molecule has 1 aromatic heterocycles. The molecular formula is C16H24N4O. The molecule has 0 aliphatic rings. The van der Waals surface area contributed by atoms with Crippen molar-refractivity contribution >= 4 is 17.1 Å². The lowest BCUT2D eigenvalue weighted by Crippen LogP contribution is -2.36. The molecule has 2 N–H and O–H groups in total. The van der Waals surface area contributed by atoms with Gasteiger partial charge in [-0.3, -0.25) is 0 Å². The SMILES string of the molecule is CCCNC(=O)NCCc1ccc2c(c1)ncn2C(C)C. The Bertz CT molecular complexity index is 603. The first kappa shape index (κ1) is 15.4. The van der Waals surface area contributed by atoms with E-state index in [1.807, 2.05) is 13.3 Å². The number of nitrogens with zero attached hydrogens (tertiary/aromatic N) is 2. The monoisotopic (exact) mass is 288 g/mol. The van der Waals surface area contributed by atoms with Crippen LogP contribution in [0.4, 0.5) is 4.79 Å². The Morgan fingerprint density at radius 1 is 1.29 bits per heavy atom. The molecule has 2 amide bonds. The summed E-state index contributed by atoms with van der Waals surface area (Å²) in [4.78, 5) is 15.9. The van der Waals surface area contributed by atoms with E-state index in [-0.39, 0.29) is 6.03 Å². The molecule has 0 saturated heterocycles. The first-order valence-corrected chi connectivity index (χ1v) is 7.59. The molecule has 0 aliphatic heterocycles. The van der Waals surface area contributed by atoms with Gasteiger partial charge in [0.1, 0.15) is 0 Å². The van der Waals surface area contributed by atoms with Gasteiger partial charge in [-0.2, -0.15) is 0 Å². The Balaban J connectivity index is 1.93. The van der Waals surface area contributed by atoms with Gasteiger partial charge in [-0.05, 0) is 44.4 Å². The summed E-state index contributed by atoms with van der Waals surface area (Å²) in [6, 6.07) is 6.62. The number of aromatic nitrogens is 2. The van der Waals surface area contributed by atoms with E-state index in [2.05, 4.69) is 52.2 Å². The van der Waals surface area contributed by atoms with Crippen LogP contribution in [0.15, 0.2) is 24.5 Å². The van der Waals surface area contributed by atoms with Gasteiger partial charge in [-0.15, -0.1) is 0 Å². The smallest absolute Gasteiger partial charge is 0.314 e. The standard InChI is InChI=1S/C16H24N4O/c1-4-8-17-16(21)18-9-7-13-5-6-15-14(10-13)19-11-20(15)12(2)3/h5-6,10-12H,4,7-9H2,1-3H3,(H2,17,18,21). The van der Waals surface area contributed by atoms with Crippen molar-refractivity contribution in [1.29, 1.82) is 0 Å². The predicted molar refractivity (Wildman–Crippen MR) is 85.5 cm³/mol. The molecule has 5 heteroatoms. The highest BCUT2D eigenvalue weighted by Gasteiger charge is 2.06. The van der Waals surface area contributed by atoms with E-state index >= 15 is 0 Å². The van der Waals surface area contributed by atoms with E-state index < -0.39 is 0 Å². The van der Waals surface area contributed by atoms with E-state index in [1.54, 1.807) is 0 Å². The Morgan fingerprint density at radius 2 is 2.05 bits per heavy atom. The molecule has 1 heterocycles. The molecule has 5 nitrogen and oxygen atoms in total. The van der Waals surface area contributed by atoms with Crippen LogP contribution < -0.4 is 10.6 Å². The maximum Gasteiger partial charge on any atom is 0.314 e. The molecule has 0 bridgehead atoms. The summed E-state index contributed by atoms with van der Waals surface area (Å²) in [5, 5.41) is 5.66. The second-order valence-corrected chi connectivity index (χ2v) is 5.50. The fraction of sp³-hybridized carbons (Fsp3) is 0.500. The van der Waals surface area contributed by atoms with Crippen LogP contribution in [0.2, 0.25) is 0 Å². The molecule has 21 heavy (non-hydrogen) atoms. The molecule has 0 atom stereocenters. The molecule has 0 saturated carbocycles. The fourth-order valence-corrected chi connectivity index (χ4v) is 2.27. The van der Waals surface area contributed by atoms with E-state index in [9.17, 15) is 4.79 Å². The summed E-state index contributed by atoms with van der Waals surface area (Å²) < 4.78 is 2.16. The van der Waals surface area contributed by atoms with Crippen LogP contribution in [-0.2, 0) is 6.42 Å². The Morgan fingerprint density at radius 3 is 2.76 bits per heavy atom. The van der Waals surface area contributed by atoms with Gasteiger partial charge in [0.05, 0.1) is 17.4 Å². The fourth-order valence-electron chi connectivity index (χ4n) is 2.27. The topological polar surface area (TPSA) is 59.0 Å². The number of urea groups is 1. The summed E-state index contributed by atoms with van der Waals surface area (Å²) in [6.45, 7) is 7.67. The third-order valence-corrected chi connectivity index (χ3v) is 3.43. The summed E-state index contributed by atoms with van der Waals surface area (Å²) in [5.74, 6) is 0. The zero-order valence-corrected chi connectivity index (χ0v) is 13.0. The number of hydrogen-bond donors (Lipinski definition) is 2. The quantitative estimate of drug-likeness (QED) is 0.858. The van der Waals surface area contributed by atoms with Gasteiger partial charge in [0, 0.05) is 19.1 Å². The number of rotatable bonds is 6. The van der Waals surface area contributed by atoms with Crippen molar-refractivity contribution in [3.63, 3.8) is 0 Å². The van der Waals surface area contributed by atoms with Crippen molar-refractivity contribution < 1.29 is 4.79 Å². The minimum atomic E-state index is -0.0954. The number of hydrogen-bond acceptors (Lipinski definition) is 2. The van der Waals surface area contributed by atoms with Gasteiger partial charge in [0.15, 0.2) is 0 Å². The van der Waals surface area contributed by atoms with E-state index in [4.69, 9.17) is 0 Å². The lowest BCUT2D eigenvalue weighted by Gasteiger charge is -2.09. The average Bonchev–Trinajstić information content (AvgIpc) is 2.88.